The summed E-state index contributed by atoms with van der Waals surface area (Å²) in [7, 11) is 0. The van der Waals surface area contributed by atoms with Gasteiger partial charge in [-0.3, -0.25) is 9.78 Å². The number of benzene rings is 1. The van der Waals surface area contributed by atoms with Gasteiger partial charge in [-0.2, -0.15) is 0 Å². The minimum atomic E-state index is -0.00857. The van der Waals surface area contributed by atoms with Crippen LogP contribution in [0.2, 0.25) is 0 Å². The highest BCUT2D eigenvalue weighted by Crippen LogP contribution is 2.36. The number of aliphatic hydroxyl groups is 1. The summed E-state index contributed by atoms with van der Waals surface area (Å²) < 4.78 is 0. The summed E-state index contributed by atoms with van der Waals surface area (Å²) in [6.07, 6.45) is 7.47. The second-order valence-electron chi connectivity index (χ2n) is 6.80. The van der Waals surface area contributed by atoms with E-state index < -0.39 is 0 Å². The summed E-state index contributed by atoms with van der Waals surface area (Å²) in [6, 6.07) is 14.4. The van der Waals surface area contributed by atoms with Crippen LogP contribution in [0.4, 0.5) is 0 Å². The van der Waals surface area contributed by atoms with Gasteiger partial charge in [0, 0.05) is 31.4 Å². The van der Waals surface area contributed by atoms with Crippen molar-refractivity contribution in [1.29, 1.82) is 0 Å². The summed E-state index contributed by atoms with van der Waals surface area (Å²) >= 11 is 0. The molecule has 1 aliphatic carbocycles. The standard InChI is InChI=1S/C21H26N2O2/c24-14-13-23(16-17-5-4-12-22-15-17)21(25)20-10-8-19(9-11-20)18-6-2-1-3-7-18/h1-7,12,15,19-20,24H,8-11,13-14,16H2. The quantitative estimate of drug-likeness (QED) is 0.878. The molecular formula is C21H26N2O2. The molecule has 4 heteroatoms. The topological polar surface area (TPSA) is 53.4 Å². The van der Waals surface area contributed by atoms with Crippen molar-refractivity contribution in [3.63, 3.8) is 0 Å². The Morgan fingerprint density at radius 3 is 2.48 bits per heavy atom. The number of hydrogen-bond acceptors (Lipinski definition) is 3. The molecule has 3 rings (SSSR count). The Balaban J connectivity index is 1.59. The van der Waals surface area contributed by atoms with E-state index in [4.69, 9.17) is 0 Å². The van der Waals surface area contributed by atoms with Crippen molar-refractivity contribution in [2.75, 3.05) is 13.2 Å². The van der Waals surface area contributed by atoms with Crippen molar-refractivity contribution in [3.8, 4) is 0 Å². The van der Waals surface area contributed by atoms with Crippen LogP contribution >= 0.6 is 0 Å². The maximum absolute atomic E-state index is 12.9. The van der Waals surface area contributed by atoms with Crippen molar-refractivity contribution >= 4 is 5.91 Å². The van der Waals surface area contributed by atoms with Crippen LogP contribution in [0.1, 0.15) is 42.7 Å². The van der Waals surface area contributed by atoms with E-state index in [1.165, 1.54) is 5.56 Å². The molecule has 1 fully saturated rings. The fourth-order valence-electron chi connectivity index (χ4n) is 3.76. The maximum Gasteiger partial charge on any atom is 0.226 e. The van der Waals surface area contributed by atoms with Crippen molar-refractivity contribution < 1.29 is 9.90 Å². The zero-order valence-electron chi connectivity index (χ0n) is 14.6. The molecule has 1 heterocycles. The second-order valence-corrected chi connectivity index (χ2v) is 6.80. The van der Waals surface area contributed by atoms with E-state index in [9.17, 15) is 9.90 Å². The number of pyridine rings is 1. The maximum atomic E-state index is 12.9. The molecule has 0 aliphatic heterocycles. The van der Waals surface area contributed by atoms with Crippen LogP contribution in [0.3, 0.4) is 0 Å². The Bertz CT molecular complexity index is 652. The number of hydrogen-bond donors (Lipinski definition) is 1. The van der Waals surface area contributed by atoms with Gasteiger partial charge in [0.15, 0.2) is 0 Å². The van der Waals surface area contributed by atoms with Crippen LogP contribution in [-0.2, 0) is 11.3 Å². The Kier molecular flexibility index (Phi) is 6.18. The first-order valence-corrected chi connectivity index (χ1v) is 9.11. The van der Waals surface area contributed by atoms with Gasteiger partial charge in [-0.05, 0) is 48.8 Å². The Hall–Kier alpha value is -2.20. The third-order valence-electron chi connectivity index (χ3n) is 5.13. The number of carbonyl (C=O) groups excluding carboxylic acids is 1. The molecule has 0 saturated heterocycles. The lowest BCUT2D eigenvalue weighted by Gasteiger charge is -2.32. The molecular weight excluding hydrogens is 312 g/mol. The van der Waals surface area contributed by atoms with Crippen LogP contribution < -0.4 is 0 Å². The SMILES string of the molecule is O=C(C1CCC(c2ccccc2)CC1)N(CCO)Cc1cccnc1. The first-order valence-electron chi connectivity index (χ1n) is 9.11. The first kappa shape index (κ1) is 17.6. The second kappa shape index (κ2) is 8.77. The van der Waals surface area contributed by atoms with Crippen LogP contribution in [0.15, 0.2) is 54.9 Å². The highest BCUT2D eigenvalue weighted by molar-refractivity contribution is 5.79. The van der Waals surface area contributed by atoms with E-state index in [-0.39, 0.29) is 18.4 Å². The molecule has 0 unspecified atom stereocenters. The van der Waals surface area contributed by atoms with E-state index >= 15 is 0 Å². The van der Waals surface area contributed by atoms with Crippen LogP contribution in [-0.4, -0.2) is 34.0 Å². The van der Waals surface area contributed by atoms with Gasteiger partial charge in [-0.25, -0.2) is 0 Å². The summed E-state index contributed by atoms with van der Waals surface area (Å²) in [6.45, 7) is 0.892. The van der Waals surface area contributed by atoms with Gasteiger partial charge in [-0.1, -0.05) is 36.4 Å². The highest BCUT2D eigenvalue weighted by atomic mass is 16.3. The molecule has 25 heavy (non-hydrogen) atoms. The molecule has 0 radical (unpaired) electrons. The molecule has 0 atom stereocenters. The molecule has 1 amide bonds. The molecule has 132 valence electrons. The molecule has 1 aromatic heterocycles. The fraction of sp³-hybridized carbons (Fsp3) is 0.429. The third-order valence-corrected chi connectivity index (χ3v) is 5.13. The van der Waals surface area contributed by atoms with Gasteiger partial charge in [0.25, 0.3) is 0 Å². The molecule has 1 saturated carbocycles. The number of aliphatic hydroxyl groups excluding tert-OH is 1. The normalized spacial score (nSPS) is 20.2. The van der Waals surface area contributed by atoms with E-state index in [1.54, 1.807) is 17.3 Å². The molecule has 2 aromatic rings. The smallest absolute Gasteiger partial charge is 0.226 e. The zero-order valence-corrected chi connectivity index (χ0v) is 14.6. The van der Waals surface area contributed by atoms with Gasteiger partial charge in [0.1, 0.15) is 0 Å². The molecule has 0 spiro atoms. The Labute approximate surface area is 149 Å². The molecule has 1 N–H and O–H groups in total. The predicted octanol–water partition coefficient (Wildman–Crippen LogP) is 3.38. The van der Waals surface area contributed by atoms with E-state index in [2.05, 4.69) is 29.2 Å². The summed E-state index contributed by atoms with van der Waals surface area (Å²) in [5.41, 5.74) is 2.39. The number of carbonyl (C=O) groups is 1. The molecule has 1 aliphatic rings. The fourth-order valence-corrected chi connectivity index (χ4v) is 3.76. The third kappa shape index (κ3) is 4.67. The van der Waals surface area contributed by atoms with Gasteiger partial charge in [-0.15, -0.1) is 0 Å². The molecule has 1 aromatic carbocycles. The van der Waals surface area contributed by atoms with Gasteiger partial charge < -0.3 is 10.0 Å². The number of nitrogens with zero attached hydrogens (tertiary/aromatic N) is 2. The van der Waals surface area contributed by atoms with Crippen molar-refractivity contribution in [2.24, 2.45) is 5.92 Å². The zero-order chi connectivity index (χ0) is 17.5. The van der Waals surface area contributed by atoms with Crippen LogP contribution in [0.25, 0.3) is 0 Å². The highest BCUT2D eigenvalue weighted by Gasteiger charge is 2.29. The molecule has 0 bridgehead atoms. The number of rotatable bonds is 6. The average Bonchev–Trinajstić information content (AvgIpc) is 2.69. The van der Waals surface area contributed by atoms with E-state index in [0.29, 0.717) is 19.0 Å². The van der Waals surface area contributed by atoms with Gasteiger partial charge >= 0.3 is 0 Å². The van der Waals surface area contributed by atoms with Crippen LogP contribution in [0, 0.1) is 5.92 Å². The minimum Gasteiger partial charge on any atom is -0.395 e. The van der Waals surface area contributed by atoms with Crippen molar-refractivity contribution in [2.45, 2.75) is 38.1 Å². The summed E-state index contributed by atoms with van der Waals surface area (Å²) in [4.78, 5) is 18.8. The summed E-state index contributed by atoms with van der Waals surface area (Å²) in [5.74, 6) is 0.808. The monoisotopic (exact) mass is 338 g/mol. The first-order chi connectivity index (χ1) is 12.3. The van der Waals surface area contributed by atoms with Gasteiger partial charge in [0.05, 0.1) is 6.61 Å². The summed E-state index contributed by atoms with van der Waals surface area (Å²) in [5, 5.41) is 9.34. The van der Waals surface area contributed by atoms with Gasteiger partial charge in [0.2, 0.25) is 5.91 Å². The predicted molar refractivity (Wildman–Crippen MR) is 97.9 cm³/mol. The largest absolute Gasteiger partial charge is 0.395 e. The van der Waals surface area contributed by atoms with Crippen LogP contribution in [0.5, 0.6) is 0 Å². The lowest BCUT2D eigenvalue weighted by Crippen LogP contribution is -2.38. The Morgan fingerprint density at radius 2 is 1.84 bits per heavy atom. The lowest BCUT2D eigenvalue weighted by atomic mass is 9.78. The lowest BCUT2D eigenvalue weighted by molar-refractivity contribution is -0.137. The average molecular weight is 338 g/mol. The molecule has 4 nitrogen and oxygen atoms in total. The van der Waals surface area contributed by atoms with E-state index in [1.807, 2.05) is 18.2 Å². The number of aromatic nitrogens is 1. The number of amides is 1. The van der Waals surface area contributed by atoms with Crippen molar-refractivity contribution in [1.82, 2.24) is 9.88 Å². The van der Waals surface area contributed by atoms with E-state index in [0.717, 1.165) is 31.2 Å². The Morgan fingerprint density at radius 1 is 1.08 bits per heavy atom. The van der Waals surface area contributed by atoms with Crippen molar-refractivity contribution in [3.05, 3.63) is 66.0 Å². The minimum absolute atomic E-state index is 0.00857.